The predicted octanol–water partition coefficient (Wildman–Crippen LogP) is 2.77. The summed E-state index contributed by atoms with van der Waals surface area (Å²) < 4.78 is 2.20. The second-order valence-corrected chi connectivity index (χ2v) is 4.52. The minimum atomic E-state index is 0.367. The Kier molecular flexibility index (Phi) is 4.15. The highest BCUT2D eigenvalue weighted by Gasteiger charge is 2.10. The number of rotatable bonds is 5. The molecule has 0 saturated heterocycles. The van der Waals surface area contributed by atoms with Gasteiger partial charge in [0.25, 0.3) is 0 Å². The summed E-state index contributed by atoms with van der Waals surface area (Å²) in [5.74, 6) is 1.13. The van der Waals surface area contributed by atoms with E-state index in [1.165, 1.54) is 11.1 Å². The molecule has 0 spiro atoms. The van der Waals surface area contributed by atoms with Crippen molar-refractivity contribution in [1.82, 2.24) is 14.9 Å². The molecule has 0 aliphatic rings. The lowest BCUT2D eigenvalue weighted by Crippen LogP contribution is -2.15. The zero-order valence-corrected chi connectivity index (χ0v) is 11.4. The molecule has 1 aromatic heterocycles. The maximum Gasteiger partial charge on any atom is 0.113 e. The fraction of sp³-hybridized carbons (Fsp3) is 0.400. The lowest BCUT2D eigenvalue weighted by atomic mass is 9.99. The number of benzene rings is 1. The molecule has 0 saturated carbocycles. The van der Waals surface area contributed by atoms with E-state index in [0.717, 1.165) is 18.8 Å². The number of nitrogens with zero attached hydrogens (tertiary/aromatic N) is 2. The maximum atomic E-state index is 4.45. The van der Waals surface area contributed by atoms with Gasteiger partial charge in [0.2, 0.25) is 0 Å². The van der Waals surface area contributed by atoms with Crippen molar-refractivity contribution in [3.05, 3.63) is 53.6 Å². The third-order valence-electron chi connectivity index (χ3n) is 3.45. The van der Waals surface area contributed by atoms with Gasteiger partial charge in [-0.05, 0) is 32.0 Å². The van der Waals surface area contributed by atoms with E-state index in [4.69, 9.17) is 0 Å². The van der Waals surface area contributed by atoms with E-state index < -0.39 is 0 Å². The van der Waals surface area contributed by atoms with Gasteiger partial charge in [0.1, 0.15) is 5.82 Å². The zero-order valence-electron chi connectivity index (χ0n) is 11.4. The van der Waals surface area contributed by atoms with Gasteiger partial charge < -0.3 is 9.88 Å². The average Bonchev–Trinajstić information content (AvgIpc) is 2.86. The first-order valence-electron chi connectivity index (χ1n) is 6.51. The molecule has 2 rings (SSSR count). The molecule has 0 fully saturated rings. The molecule has 0 aliphatic heterocycles. The SMILES string of the molecule is CCn1ccnc1Cc1ccccc1C(C)NC. The quantitative estimate of drug-likeness (QED) is 0.875. The fourth-order valence-electron chi connectivity index (χ4n) is 2.24. The van der Waals surface area contributed by atoms with Crippen LogP contribution in [0.4, 0.5) is 0 Å². The summed E-state index contributed by atoms with van der Waals surface area (Å²) >= 11 is 0. The Balaban J connectivity index is 2.29. The number of hydrogen-bond donors (Lipinski definition) is 1. The van der Waals surface area contributed by atoms with Crippen molar-refractivity contribution in [2.45, 2.75) is 32.9 Å². The molecule has 3 nitrogen and oxygen atoms in total. The Morgan fingerprint density at radius 2 is 2.11 bits per heavy atom. The second-order valence-electron chi connectivity index (χ2n) is 4.52. The van der Waals surface area contributed by atoms with Crippen molar-refractivity contribution < 1.29 is 0 Å². The van der Waals surface area contributed by atoms with Crippen molar-refractivity contribution in [3.8, 4) is 0 Å². The average molecular weight is 243 g/mol. The maximum absolute atomic E-state index is 4.45. The summed E-state index contributed by atoms with van der Waals surface area (Å²) in [4.78, 5) is 4.45. The first kappa shape index (κ1) is 12.8. The molecule has 0 aliphatic carbocycles. The van der Waals surface area contributed by atoms with Crippen LogP contribution in [0.1, 0.15) is 36.8 Å². The summed E-state index contributed by atoms with van der Waals surface area (Å²) in [6.45, 7) is 5.30. The van der Waals surface area contributed by atoms with E-state index in [1.54, 1.807) is 0 Å². The van der Waals surface area contributed by atoms with Crippen LogP contribution in [0.25, 0.3) is 0 Å². The van der Waals surface area contributed by atoms with E-state index >= 15 is 0 Å². The molecule has 1 atom stereocenters. The third-order valence-corrected chi connectivity index (χ3v) is 3.45. The number of imidazole rings is 1. The summed E-state index contributed by atoms with van der Waals surface area (Å²) in [5, 5.41) is 3.30. The van der Waals surface area contributed by atoms with Gasteiger partial charge in [-0.25, -0.2) is 4.98 Å². The van der Waals surface area contributed by atoms with Gasteiger partial charge in [-0.3, -0.25) is 0 Å². The van der Waals surface area contributed by atoms with Crippen molar-refractivity contribution in [2.24, 2.45) is 0 Å². The van der Waals surface area contributed by atoms with Crippen molar-refractivity contribution in [2.75, 3.05) is 7.05 Å². The Morgan fingerprint density at radius 3 is 2.83 bits per heavy atom. The smallest absolute Gasteiger partial charge is 0.113 e. The lowest BCUT2D eigenvalue weighted by Gasteiger charge is -2.16. The molecule has 1 aromatic carbocycles. The molecule has 3 heteroatoms. The topological polar surface area (TPSA) is 29.9 Å². The number of nitrogens with one attached hydrogen (secondary N) is 1. The molecule has 1 unspecified atom stereocenters. The van der Waals surface area contributed by atoms with E-state index in [9.17, 15) is 0 Å². The summed E-state index contributed by atoms with van der Waals surface area (Å²) in [5.41, 5.74) is 2.70. The molecular weight excluding hydrogens is 222 g/mol. The Hall–Kier alpha value is -1.61. The largest absolute Gasteiger partial charge is 0.335 e. The van der Waals surface area contributed by atoms with Crippen LogP contribution in [0.5, 0.6) is 0 Å². The molecule has 0 amide bonds. The van der Waals surface area contributed by atoms with Crippen LogP contribution < -0.4 is 5.32 Å². The van der Waals surface area contributed by atoms with Gasteiger partial charge in [0.15, 0.2) is 0 Å². The molecule has 0 radical (unpaired) electrons. The Bertz CT molecular complexity index is 502. The monoisotopic (exact) mass is 243 g/mol. The standard InChI is InChI=1S/C15H21N3/c1-4-18-10-9-17-15(18)11-13-7-5-6-8-14(13)12(2)16-3/h5-10,12,16H,4,11H2,1-3H3. The van der Waals surface area contributed by atoms with Crippen LogP contribution in [-0.4, -0.2) is 16.6 Å². The number of aryl methyl sites for hydroxylation is 1. The summed E-state index contributed by atoms with van der Waals surface area (Å²) in [7, 11) is 1.99. The predicted molar refractivity (Wildman–Crippen MR) is 74.6 cm³/mol. The van der Waals surface area contributed by atoms with Crippen molar-refractivity contribution >= 4 is 0 Å². The minimum absolute atomic E-state index is 0.367. The van der Waals surface area contributed by atoms with Crippen LogP contribution in [-0.2, 0) is 13.0 Å². The van der Waals surface area contributed by atoms with E-state index in [-0.39, 0.29) is 0 Å². The van der Waals surface area contributed by atoms with Crippen LogP contribution in [0, 0.1) is 0 Å². The summed E-state index contributed by atoms with van der Waals surface area (Å²) in [6.07, 6.45) is 4.81. The highest BCUT2D eigenvalue weighted by molar-refractivity contribution is 5.32. The van der Waals surface area contributed by atoms with Gasteiger partial charge in [0.05, 0.1) is 0 Å². The molecule has 18 heavy (non-hydrogen) atoms. The fourth-order valence-corrected chi connectivity index (χ4v) is 2.24. The van der Waals surface area contributed by atoms with E-state index in [1.807, 2.05) is 19.4 Å². The van der Waals surface area contributed by atoms with Crippen LogP contribution in [0.3, 0.4) is 0 Å². The molecular formula is C15H21N3. The van der Waals surface area contributed by atoms with Crippen molar-refractivity contribution in [3.63, 3.8) is 0 Å². The zero-order chi connectivity index (χ0) is 13.0. The number of aromatic nitrogens is 2. The number of hydrogen-bond acceptors (Lipinski definition) is 2. The van der Waals surface area contributed by atoms with Crippen molar-refractivity contribution in [1.29, 1.82) is 0 Å². The van der Waals surface area contributed by atoms with Crippen LogP contribution in [0.15, 0.2) is 36.7 Å². The first-order valence-corrected chi connectivity index (χ1v) is 6.51. The van der Waals surface area contributed by atoms with E-state index in [0.29, 0.717) is 6.04 Å². The van der Waals surface area contributed by atoms with Crippen LogP contribution >= 0.6 is 0 Å². The highest BCUT2D eigenvalue weighted by Crippen LogP contribution is 2.19. The first-order chi connectivity index (χ1) is 8.76. The van der Waals surface area contributed by atoms with Gasteiger partial charge in [0, 0.05) is 31.4 Å². The van der Waals surface area contributed by atoms with Gasteiger partial charge in [-0.15, -0.1) is 0 Å². The Labute approximate surface area is 109 Å². The Morgan fingerprint density at radius 1 is 1.33 bits per heavy atom. The second kappa shape index (κ2) is 5.83. The normalized spacial score (nSPS) is 12.6. The van der Waals surface area contributed by atoms with E-state index in [2.05, 4.69) is 53.0 Å². The highest BCUT2D eigenvalue weighted by atomic mass is 15.0. The molecule has 1 heterocycles. The molecule has 0 bridgehead atoms. The van der Waals surface area contributed by atoms with Gasteiger partial charge >= 0.3 is 0 Å². The molecule has 96 valence electrons. The van der Waals surface area contributed by atoms with Crippen LogP contribution in [0.2, 0.25) is 0 Å². The molecule has 1 N–H and O–H groups in total. The lowest BCUT2D eigenvalue weighted by molar-refractivity contribution is 0.642. The third kappa shape index (κ3) is 2.62. The summed E-state index contributed by atoms with van der Waals surface area (Å²) in [6, 6.07) is 8.94. The molecule has 2 aromatic rings. The van der Waals surface area contributed by atoms with Gasteiger partial charge in [-0.1, -0.05) is 24.3 Å². The minimum Gasteiger partial charge on any atom is -0.335 e. The van der Waals surface area contributed by atoms with Gasteiger partial charge in [-0.2, -0.15) is 0 Å².